The number of hydrogen-bond acceptors (Lipinski definition) is 3. The van der Waals surface area contributed by atoms with E-state index in [2.05, 4.69) is 49.3 Å². The van der Waals surface area contributed by atoms with Gasteiger partial charge in [-0.1, -0.05) is 26.8 Å². The Kier molecular flexibility index (Phi) is 5.01. The minimum Gasteiger partial charge on any atom is -0.396 e. The van der Waals surface area contributed by atoms with Crippen LogP contribution in [0.5, 0.6) is 0 Å². The van der Waals surface area contributed by atoms with E-state index in [-0.39, 0.29) is 12.0 Å². The highest BCUT2D eigenvalue weighted by Gasteiger charge is 2.17. The lowest BCUT2D eigenvalue weighted by molar-refractivity contribution is 0.165. The fourth-order valence-corrected chi connectivity index (χ4v) is 2.68. The largest absolute Gasteiger partial charge is 0.396 e. The first-order chi connectivity index (χ1) is 9.89. The Bertz CT molecular complexity index is 583. The van der Waals surface area contributed by atoms with Gasteiger partial charge in [0.1, 0.15) is 5.65 Å². The summed E-state index contributed by atoms with van der Waals surface area (Å²) in [6.07, 6.45) is 2.93. The summed E-state index contributed by atoms with van der Waals surface area (Å²) < 4.78 is 2.14. The average molecular weight is 289 g/mol. The highest BCUT2D eigenvalue weighted by atomic mass is 16.3. The molecule has 4 nitrogen and oxygen atoms in total. The van der Waals surface area contributed by atoms with Gasteiger partial charge in [-0.2, -0.15) is 0 Å². The van der Waals surface area contributed by atoms with Gasteiger partial charge in [-0.05, 0) is 30.9 Å². The molecule has 4 heteroatoms. The summed E-state index contributed by atoms with van der Waals surface area (Å²) in [5, 5.41) is 9.08. The quantitative estimate of drug-likeness (QED) is 0.889. The van der Waals surface area contributed by atoms with Crippen LogP contribution < -0.4 is 0 Å². The predicted octanol–water partition coefficient (Wildman–Crippen LogP) is 2.87. The zero-order valence-electron chi connectivity index (χ0n) is 13.6. The second-order valence-corrected chi connectivity index (χ2v) is 6.98. The van der Waals surface area contributed by atoms with Crippen LogP contribution in [0.2, 0.25) is 0 Å². The van der Waals surface area contributed by atoms with Crippen molar-refractivity contribution in [2.24, 2.45) is 5.41 Å². The maximum Gasteiger partial charge on any atom is 0.137 e. The molecule has 21 heavy (non-hydrogen) atoms. The number of aliphatic hydroxyl groups excluding tert-OH is 1. The van der Waals surface area contributed by atoms with Crippen LogP contribution >= 0.6 is 0 Å². The molecule has 0 fully saturated rings. The van der Waals surface area contributed by atoms with Crippen molar-refractivity contribution in [3.63, 3.8) is 0 Å². The molecule has 116 valence electrons. The summed E-state index contributed by atoms with van der Waals surface area (Å²) in [4.78, 5) is 7.09. The average Bonchev–Trinajstić information content (AvgIpc) is 2.78. The molecule has 2 rings (SSSR count). The van der Waals surface area contributed by atoms with Gasteiger partial charge in [0.2, 0.25) is 0 Å². The summed E-state index contributed by atoms with van der Waals surface area (Å²) in [7, 11) is 0. The summed E-state index contributed by atoms with van der Waals surface area (Å²) in [5.41, 5.74) is 3.53. The Hall–Kier alpha value is -1.39. The van der Waals surface area contributed by atoms with Crippen LogP contribution in [-0.2, 0) is 6.54 Å². The Morgan fingerprint density at radius 1 is 1.29 bits per heavy atom. The molecule has 0 atom stereocenters. The highest BCUT2D eigenvalue weighted by Crippen LogP contribution is 2.18. The van der Waals surface area contributed by atoms with Crippen LogP contribution in [0.4, 0.5) is 0 Å². The van der Waals surface area contributed by atoms with Crippen LogP contribution in [0.25, 0.3) is 5.65 Å². The number of fused-ring (bicyclic) bond motifs is 1. The molecule has 2 aromatic rings. The third kappa shape index (κ3) is 4.55. The lowest BCUT2D eigenvalue weighted by Gasteiger charge is -2.29. The van der Waals surface area contributed by atoms with Crippen molar-refractivity contribution < 1.29 is 5.11 Å². The minimum absolute atomic E-state index is 0.241. The van der Waals surface area contributed by atoms with E-state index < -0.39 is 0 Å². The normalized spacial score (nSPS) is 12.5. The van der Waals surface area contributed by atoms with Crippen LogP contribution in [0.3, 0.4) is 0 Å². The van der Waals surface area contributed by atoms with Crippen molar-refractivity contribution in [1.29, 1.82) is 0 Å². The molecular weight excluding hydrogens is 262 g/mol. The van der Waals surface area contributed by atoms with Crippen molar-refractivity contribution in [2.75, 3.05) is 19.7 Å². The molecule has 0 unspecified atom stereocenters. The maximum absolute atomic E-state index is 9.08. The van der Waals surface area contributed by atoms with Crippen molar-refractivity contribution in [3.05, 3.63) is 35.8 Å². The Labute approximate surface area is 127 Å². The van der Waals surface area contributed by atoms with E-state index in [0.29, 0.717) is 0 Å². The molecule has 2 aromatic heterocycles. The zero-order chi connectivity index (χ0) is 15.5. The molecule has 0 aliphatic heterocycles. The first kappa shape index (κ1) is 16.0. The van der Waals surface area contributed by atoms with Gasteiger partial charge in [0.15, 0.2) is 0 Å². The van der Waals surface area contributed by atoms with E-state index in [1.54, 1.807) is 0 Å². The molecule has 0 spiro atoms. The van der Waals surface area contributed by atoms with Crippen molar-refractivity contribution >= 4 is 5.65 Å². The van der Waals surface area contributed by atoms with E-state index in [9.17, 15) is 0 Å². The monoisotopic (exact) mass is 289 g/mol. The number of rotatable bonds is 6. The molecular formula is C17H27N3O. The number of hydrogen-bond donors (Lipinski definition) is 1. The molecule has 2 heterocycles. The topological polar surface area (TPSA) is 40.8 Å². The molecule has 0 aliphatic rings. The van der Waals surface area contributed by atoms with Crippen molar-refractivity contribution in [3.8, 4) is 0 Å². The standard InChI is InChI=1S/C17H27N3O/c1-14-7-5-8-16-18-15(12-20(14)16)11-19(9-6-10-21)13-17(2,3)4/h5,7-8,12,21H,6,9-11,13H2,1-4H3. The fourth-order valence-electron chi connectivity index (χ4n) is 2.68. The van der Waals surface area contributed by atoms with Gasteiger partial charge in [-0.3, -0.25) is 4.90 Å². The van der Waals surface area contributed by atoms with Gasteiger partial charge in [-0.15, -0.1) is 0 Å². The number of nitrogens with zero attached hydrogens (tertiary/aromatic N) is 3. The number of aromatic nitrogens is 2. The third-order valence-electron chi connectivity index (χ3n) is 3.46. The van der Waals surface area contributed by atoms with Gasteiger partial charge in [-0.25, -0.2) is 4.98 Å². The zero-order valence-corrected chi connectivity index (χ0v) is 13.6. The van der Waals surface area contributed by atoms with Gasteiger partial charge in [0.05, 0.1) is 5.69 Å². The minimum atomic E-state index is 0.241. The third-order valence-corrected chi connectivity index (χ3v) is 3.46. The molecule has 0 saturated heterocycles. The predicted molar refractivity (Wildman–Crippen MR) is 86.4 cm³/mol. The molecule has 1 N–H and O–H groups in total. The van der Waals surface area contributed by atoms with E-state index in [0.717, 1.165) is 37.4 Å². The molecule has 0 saturated carbocycles. The van der Waals surface area contributed by atoms with E-state index in [4.69, 9.17) is 10.1 Å². The first-order valence-corrected chi connectivity index (χ1v) is 7.66. The molecule has 0 aromatic carbocycles. The summed E-state index contributed by atoms with van der Waals surface area (Å²) in [6, 6.07) is 6.18. The highest BCUT2D eigenvalue weighted by molar-refractivity contribution is 5.41. The molecule has 0 radical (unpaired) electrons. The van der Waals surface area contributed by atoms with Gasteiger partial charge in [0.25, 0.3) is 0 Å². The second-order valence-electron chi connectivity index (χ2n) is 6.98. The van der Waals surface area contributed by atoms with Gasteiger partial charge in [0, 0.05) is 38.1 Å². The second kappa shape index (κ2) is 6.58. The number of imidazole rings is 1. The van der Waals surface area contributed by atoms with Crippen LogP contribution in [0, 0.1) is 12.3 Å². The summed E-state index contributed by atoms with van der Waals surface area (Å²) >= 11 is 0. The SMILES string of the molecule is Cc1cccc2nc(CN(CCCO)CC(C)(C)C)cn12. The molecule has 0 bridgehead atoms. The lowest BCUT2D eigenvalue weighted by atomic mass is 9.96. The number of aliphatic hydroxyl groups is 1. The van der Waals surface area contributed by atoms with Gasteiger partial charge >= 0.3 is 0 Å². The van der Waals surface area contributed by atoms with Crippen LogP contribution in [0.15, 0.2) is 24.4 Å². The maximum atomic E-state index is 9.08. The fraction of sp³-hybridized carbons (Fsp3) is 0.588. The Morgan fingerprint density at radius 2 is 2.05 bits per heavy atom. The Balaban J connectivity index is 2.15. The van der Waals surface area contributed by atoms with Crippen molar-refractivity contribution in [2.45, 2.75) is 40.7 Å². The van der Waals surface area contributed by atoms with Crippen LogP contribution in [0.1, 0.15) is 38.6 Å². The van der Waals surface area contributed by atoms with Gasteiger partial charge < -0.3 is 9.51 Å². The summed E-state index contributed by atoms with van der Waals surface area (Å²) in [5.74, 6) is 0. The lowest BCUT2D eigenvalue weighted by Crippen LogP contribution is -2.33. The van der Waals surface area contributed by atoms with E-state index >= 15 is 0 Å². The van der Waals surface area contributed by atoms with E-state index in [1.165, 1.54) is 5.69 Å². The summed E-state index contributed by atoms with van der Waals surface area (Å²) in [6.45, 7) is 11.8. The number of pyridine rings is 1. The Morgan fingerprint density at radius 3 is 2.67 bits per heavy atom. The molecule has 0 aliphatic carbocycles. The smallest absolute Gasteiger partial charge is 0.137 e. The number of aryl methyl sites for hydroxylation is 1. The van der Waals surface area contributed by atoms with Crippen LogP contribution in [-0.4, -0.2) is 39.1 Å². The first-order valence-electron chi connectivity index (χ1n) is 7.66. The van der Waals surface area contributed by atoms with E-state index in [1.807, 2.05) is 12.1 Å². The molecule has 0 amide bonds. The van der Waals surface area contributed by atoms with Crippen molar-refractivity contribution in [1.82, 2.24) is 14.3 Å².